The molecule has 0 saturated carbocycles. The first-order chi connectivity index (χ1) is 10.5. The Hall–Kier alpha value is -1.35. The Bertz CT molecular complexity index is 493. The maximum atomic E-state index is 12.7. The van der Waals surface area contributed by atoms with Crippen LogP contribution in [0.2, 0.25) is 0 Å². The summed E-state index contributed by atoms with van der Waals surface area (Å²) >= 11 is 0. The molecule has 2 rings (SSSR count). The molecule has 3 heteroatoms. The highest BCUT2D eigenvalue weighted by molar-refractivity contribution is 5.95. The molecule has 0 aromatic heterocycles. The van der Waals surface area contributed by atoms with Gasteiger partial charge in [-0.1, -0.05) is 24.1 Å². The van der Waals surface area contributed by atoms with E-state index >= 15 is 0 Å². The summed E-state index contributed by atoms with van der Waals surface area (Å²) in [5, 5.41) is 3.18. The lowest BCUT2D eigenvalue weighted by Gasteiger charge is -2.27. The van der Waals surface area contributed by atoms with E-state index in [0.29, 0.717) is 0 Å². The number of hydrogen-bond acceptors (Lipinski definition) is 1. The second-order valence-electron chi connectivity index (χ2n) is 6.91. The molecule has 1 aliphatic heterocycles. The van der Waals surface area contributed by atoms with Crippen LogP contribution < -0.4 is 10.2 Å². The highest BCUT2D eigenvalue weighted by Crippen LogP contribution is 2.21. The first-order valence-corrected chi connectivity index (χ1v) is 8.72. The molecule has 1 aromatic rings. The zero-order chi connectivity index (χ0) is 16.1. The fourth-order valence-corrected chi connectivity index (χ4v) is 3.59. The van der Waals surface area contributed by atoms with Crippen molar-refractivity contribution in [1.82, 2.24) is 0 Å². The van der Waals surface area contributed by atoms with Gasteiger partial charge in [0.1, 0.15) is 0 Å². The molecule has 0 unspecified atom stereocenters. The number of hydrogen-bond donors (Lipinski definition) is 2. The molecular formula is C19H31N2O+. The van der Waals surface area contributed by atoms with Gasteiger partial charge in [0.25, 0.3) is 5.91 Å². The largest absolute Gasteiger partial charge is 0.325 e. The van der Waals surface area contributed by atoms with Crippen molar-refractivity contribution < 1.29 is 9.69 Å². The van der Waals surface area contributed by atoms with Crippen LogP contribution in [0.4, 0.5) is 5.69 Å². The van der Waals surface area contributed by atoms with Crippen molar-refractivity contribution in [3.05, 3.63) is 28.8 Å². The van der Waals surface area contributed by atoms with Crippen molar-refractivity contribution in [2.75, 3.05) is 18.4 Å². The van der Waals surface area contributed by atoms with Gasteiger partial charge in [0.2, 0.25) is 0 Å². The van der Waals surface area contributed by atoms with Gasteiger partial charge in [-0.25, -0.2) is 0 Å². The Labute approximate surface area is 135 Å². The predicted molar refractivity (Wildman–Crippen MR) is 92.5 cm³/mol. The number of quaternary nitrogens is 1. The summed E-state index contributed by atoms with van der Waals surface area (Å²) in [5.74, 6) is 0.158. The number of carbonyl (C=O) groups is 1. The van der Waals surface area contributed by atoms with Crippen LogP contribution >= 0.6 is 0 Å². The molecule has 22 heavy (non-hydrogen) atoms. The van der Waals surface area contributed by atoms with E-state index in [9.17, 15) is 4.79 Å². The van der Waals surface area contributed by atoms with Gasteiger partial charge in [-0.2, -0.15) is 0 Å². The van der Waals surface area contributed by atoms with Gasteiger partial charge in [-0.3, -0.25) is 4.79 Å². The van der Waals surface area contributed by atoms with Crippen LogP contribution in [0.15, 0.2) is 12.1 Å². The summed E-state index contributed by atoms with van der Waals surface area (Å²) in [6.45, 7) is 10.6. The van der Waals surface area contributed by atoms with Crippen molar-refractivity contribution in [3.63, 3.8) is 0 Å². The Morgan fingerprint density at radius 2 is 1.50 bits per heavy atom. The molecule has 1 atom stereocenters. The highest BCUT2D eigenvalue weighted by atomic mass is 16.2. The van der Waals surface area contributed by atoms with Crippen LogP contribution in [0.1, 0.15) is 55.7 Å². The molecule has 0 aliphatic carbocycles. The minimum atomic E-state index is 0.0261. The predicted octanol–water partition coefficient (Wildman–Crippen LogP) is 2.79. The third kappa shape index (κ3) is 4.33. The maximum Gasteiger partial charge on any atom is 0.282 e. The first kappa shape index (κ1) is 17.0. The second-order valence-corrected chi connectivity index (χ2v) is 6.91. The zero-order valence-corrected chi connectivity index (χ0v) is 14.6. The van der Waals surface area contributed by atoms with Crippen LogP contribution in [-0.4, -0.2) is 25.0 Å². The average Bonchev–Trinajstić information content (AvgIpc) is 2.41. The Balaban J connectivity index is 2.04. The van der Waals surface area contributed by atoms with Gasteiger partial charge < -0.3 is 10.2 Å². The summed E-state index contributed by atoms with van der Waals surface area (Å²) in [4.78, 5) is 14.1. The van der Waals surface area contributed by atoms with Gasteiger partial charge in [0.15, 0.2) is 6.04 Å². The van der Waals surface area contributed by atoms with E-state index in [1.165, 1.54) is 42.6 Å². The molecule has 1 saturated heterocycles. The third-order valence-electron chi connectivity index (χ3n) is 4.93. The van der Waals surface area contributed by atoms with Crippen molar-refractivity contribution in [3.8, 4) is 0 Å². The summed E-state index contributed by atoms with van der Waals surface area (Å²) < 4.78 is 0. The third-order valence-corrected chi connectivity index (χ3v) is 4.93. The second kappa shape index (κ2) is 7.77. The topological polar surface area (TPSA) is 33.5 Å². The maximum absolute atomic E-state index is 12.7. The molecule has 1 heterocycles. The lowest BCUT2D eigenvalue weighted by Crippen LogP contribution is -3.16. The van der Waals surface area contributed by atoms with Crippen molar-refractivity contribution in [2.24, 2.45) is 0 Å². The summed E-state index contributed by atoms with van der Waals surface area (Å²) in [6.07, 6.45) is 6.47. The molecular weight excluding hydrogens is 272 g/mol. The Morgan fingerprint density at radius 1 is 1.00 bits per heavy atom. The lowest BCUT2D eigenvalue weighted by atomic mass is 10.0. The van der Waals surface area contributed by atoms with E-state index in [1.54, 1.807) is 0 Å². The van der Waals surface area contributed by atoms with Gasteiger partial charge in [0, 0.05) is 5.69 Å². The van der Waals surface area contributed by atoms with Gasteiger partial charge in [-0.15, -0.1) is 0 Å². The molecule has 1 aliphatic rings. The number of rotatable bonds is 3. The number of nitrogens with one attached hydrogen (secondary N) is 2. The standard InChI is InChI=1S/C19H30N2O/c1-14-12-15(2)18(16(3)13-14)20-19(22)17(4)21-10-8-6-5-7-9-11-21/h12-13,17H,5-11H2,1-4H3,(H,20,22)/p+1/t17-/m0/s1. The summed E-state index contributed by atoms with van der Waals surface area (Å²) in [6, 6.07) is 4.30. The number of likely N-dealkylation sites (tertiary alicyclic amines) is 1. The van der Waals surface area contributed by atoms with E-state index in [0.717, 1.165) is 29.9 Å². The fraction of sp³-hybridized carbons (Fsp3) is 0.632. The molecule has 1 aromatic carbocycles. The molecule has 0 spiro atoms. The highest BCUT2D eigenvalue weighted by Gasteiger charge is 2.26. The Morgan fingerprint density at radius 3 is 2.05 bits per heavy atom. The van der Waals surface area contributed by atoms with E-state index in [2.05, 4.69) is 45.1 Å². The number of amides is 1. The summed E-state index contributed by atoms with van der Waals surface area (Å²) in [5.41, 5.74) is 4.55. The van der Waals surface area contributed by atoms with E-state index in [1.807, 2.05) is 0 Å². The molecule has 1 fully saturated rings. The molecule has 1 amide bonds. The smallest absolute Gasteiger partial charge is 0.282 e. The molecule has 2 N–H and O–H groups in total. The van der Waals surface area contributed by atoms with E-state index < -0.39 is 0 Å². The average molecular weight is 303 g/mol. The summed E-state index contributed by atoms with van der Waals surface area (Å²) in [7, 11) is 0. The normalized spacial score (nSPS) is 18.4. The minimum absolute atomic E-state index is 0.0261. The lowest BCUT2D eigenvalue weighted by molar-refractivity contribution is -0.914. The number of aryl methyl sites for hydroxylation is 3. The number of carbonyl (C=O) groups excluding carboxylic acids is 1. The number of benzene rings is 1. The van der Waals surface area contributed by atoms with Crippen molar-refractivity contribution in [1.29, 1.82) is 0 Å². The first-order valence-electron chi connectivity index (χ1n) is 8.72. The Kier molecular flexibility index (Phi) is 6.01. The van der Waals surface area contributed by atoms with Crippen molar-refractivity contribution in [2.45, 2.75) is 65.8 Å². The van der Waals surface area contributed by atoms with Gasteiger partial charge in [0.05, 0.1) is 13.1 Å². The van der Waals surface area contributed by atoms with Crippen LogP contribution in [0.25, 0.3) is 0 Å². The zero-order valence-electron chi connectivity index (χ0n) is 14.6. The van der Waals surface area contributed by atoms with Crippen LogP contribution in [0, 0.1) is 20.8 Å². The quantitative estimate of drug-likeness (QED) is 0.884. The SMILES string of the molecule is Cc1cc(C)c(NC(=O)[C@H](C)[NH+]2CCCCCCC2)c(C)c1. The van der Waals surface area contributed by atoms with Crippen LogP contribution in [0.5, 0.6) is 0 Å². The number of anilines is 1. The molecule has 122 valence electrons. The molecule has 0 radical (unpaired) electrons. The van der Waals surface area contributed by atoms with Gasteiger partial charge in [-0.05, 0) is 64.5 Å². The van der Waals surface area contributed by atoms with Crippen LogP contribution in [0.3, 0.4) is 0 Å². The molecule has 3 nitrogen and oxygen atoms in total. The van der Waals surface area contributed by atoms with Gasteiger partial charge >= 0.3 is 0 Å². The van der Waals surface area contributed by atoms with E-state index in [4.69, 9.17) is 0 Å². The minimum Gasteiger partial charge on any atom is -0.325 e. The monoisotopic (exact) mass is 303 g/mol. The van der Waals surface area contributed by atoms with E-state index in [-0.39, 0.29) is 11.9 Å². The van der Waals surface area contributed by atoms with Crippen molar-refractivity contribution >= 4 is 11.6 Å². The fourth-order valence-electron chi connectivity index (χ4n) is 3.59. The molecule has 0 bridgehead atoms. The van der Waals surface area contributed by atoms with Crippen LogP contribution in [-0.2, 0) is 4.79 Å².